The van der Waals surface area contributed by atoms with Gasteiger partial charge in [-0.2, -0.15) is 10.4 Å². The van der Waals surface area contributed by atoms with Crippen LogP contribution in [0.3, 0.4) is 0 Å². The maximum Gasteiger partial charge on any atom is 0.207 e. The van der Waals surface area contributed by atoms with Crippen molar-refractivity contribution in [3.8, 4) is 6.07 Å². The molecular formula is C11H14N4O. The zero-order valence-electron chi connectivity index (χ0n) is 9.13. The molecule has 1 aliphatic rings. The Bertz CT molecular complexity index is 420. The third kappa shape index (κ3) is 1.78. The summed E-state index contributed by atoms with van der Waals surface area (Å²) in [5.41, 5.74) is 0.894. The number of aryl methyl sites for hydroxylation is 1. The van der Waals surface area contributed by atoms with Gasteiger partial charge in [-0.05, 0) is 18.9 Å². The summed E-state index contributed by atoms with van der Waals surface area (Å²) < 4.78 is 1.72. The van der Waals surface area contributed by atoms with Crippen molar-refractivity contribution in [2.24, 2.45) is 13.0 Å². The lowest BCUT2D eigenvalue weighted by molar-refractivity contribution is -0.110. The van der Waals surface area contributed by atoms with Crippen LogP contribution in [-0.2, 0) is 11.8 Å². The molecule has 2 rings (SSSR count). The van der Waals surface area contributed by atoms with Crippen LogP contribution in [0.1, 0.15) is 24.5 Å². The van der Waals surface area contributed by atoms with Crippen LogP contribution in [-0.4, -0.2) is 22.2 Å². The normalized spacial score (nSPS) is 28.6. The molecule has 1 aliphatic carbocycles. The van der Waals surface area contributed by atoms with Crippen molar-refractivity contribution in [2.75, 3.05) is 0 Å². The zero-order chi connectivity index (χ0) is 11.5. The molecule has 0 radical (unpaired) electrons. The van der Waals surface area contributed by atoms with Gasteiger partial charge in [0.25, 0.3) is 0 Å². The predicted molar refractivity (Wildman–Crippen MR) is 57.3 cm³/mol. The van der Waals surface area contributed by atoms with Gasteiger partial charge >= 0.3 is 0 Å². The Hall–Kier alpha value is -1.83. The lowest BCUT2D eigenvalue weighted by atomic mass is 9.91. The zero-order valence-corrected chi connectivity index (χ0v) is 9.13. The lowest BCUT2D eigenvalue weighted by Gasteiger charge is -2.18. The van der Waals surface area contributed by atoms with Crippen molar-refractivity contribution in [3.63, 3.8) is 0 Å². The summed E-state index contributed by atoms with van der Waals surface area (Å²) in [5, 5.41) is 16.2. The minimum atomic E-state index is -0.0488. The first-order chi connectivity index (χ1) is 7.76. The number of rotatable bonds is 3. The second kappa shape index (κ2) is 4.35. The molecule has 0 bridgehead atoms. The molecule has 0 saturated heterocycles. The highest BCUT2D eigenvalue weighted by atomic mass is 16.1. The number of hydrogen-bond acceptors (Lipinski definition) is 3. The van der Waals surface area contributed by atoms with Gasteiger partial charge in [-0.3, -0.25) is 9.48 Å². The summed E-state index contributed by atoms with van der Waals surface area (Å²) >= 11 is 0. The first-order valence-electron chi connectivity index (χ1n) is 5.35. The average molecular weight is 218 g/mol. The highest BCUT2D eigenvalue weighted by molar-refractivity contribution is 5.47. The van der Waals surface area contributed by atoms with Gasteiger partial charge in [-0.25, -0.2) is 0 Å². The third-order valence-corrected chi connectivity index (χ3v) is 3.18. The minimum absolute atomic E-state index is 0.0244. The number of carbonyl (C=O) groups is 1. The second-order valence-corrected chi connectivity index (χ2v) is 4.14. The van der Waals surface area contributed by atoms with E-state index in [1.807, 2.05) is 19.3 Å². The molecule has 3 atom stereocenters. The Morgan fingerprint density at radius 3 is 3.06 bits per heavy atom. The first-order valence-corrected chi connectivity index (χ1v) is 5.35. The van der Waals surface area contributed by atoms with E-state index < -0.39 is 0 Å². The molecule has 3 unspecified atom stereocenters. The Labute approximate surface area is 94.1 Å². The van der Waals surface area contributed by atoms with Crippen LogP contribution in [0, 0.1) is 17.2 Å². The molecule has 0 aliphatic heterocycles. The van der Waals surface area contributed by atoms with Crippen LogP contribution in [0.2, 0.25) is 0 Å². The van der Waals surface area contributed by atoms with Gasteiger partial charge in [0.1, 0.15) is 0 Å². The average Bonchev–Trinajstić information content (AvgIpc) is 2.85. The maximum atomic E-state index is 10.5. The van der Waals surface area contributed by atoms with E-state index in [0.29, 0.717) is 6.41 Å². The monoisotopic (exact) mass is 218 g/mol. The Kier molecular flexibility index (Phi) is 2.91. The Morgan fingerprint density at radius 1 is 1.69 bits per heavy atom. The van der Waals surface area contributed by atoms with Crippen LogP contribution in [0.25, 0.3) is 0 Å². The van der Waals surface area contributed by atoms with Gasteiger partial charge in [0.05, 0.1) is 17.7 Å². The highest BCUT2D eigenvalue weighted by Gasteiger charge is 2.38. The van der Waals surface area contributed by atoms with Crippen molar-refractivity contribution in [1.29, 1.82) is 5.26 Å². The third-order valence-electron chi connectivity index (χ3n) is 3.18. The van der Waals surface area contributed by atoms with Gasteiger partial charge in [-0.15, -0.1) is 0 Å². The van der Waals surface area contributed by atoms with E-state index in [4.69, 9.17) is 5.26 Å². The van der Waals surface area contributed by atoms with Crippen molar-refractivity contribution in [2.45, 2.75) is 24.8 Å². The quantitative estimate of drug-likeness (QED) is 0.753. The number of amides is 1. The summed E-state index contributed by atoms with van der Waals surface area (Å²) in [7, 11) is 1.85. The molecular weight excluding hydrogens is 204 g/mol. The van der Waals surface area contributed by atoms with E-state index in [1.165, 1.54) is 0 Å². The number of nitriles is 1. The van der Waals surface area contributed by atoms with Crippen molar-refractivity contribution in [1.82, 2.24) is 15.1 Å². The second-order valence-electron chi connectivity index (χ2n) is 4.14. The van der Waals surface area contributed by atoms with Crippen LogP contribution in [0.5, 0.6) is 0 Å². The molecule has 1 aromatic heterocycles. The standard InChI is InChI=1S/C11H14N4O/c1-15-5-4-10(14-15)11-8(6-12)2-3-9(11)13-7-16/h4-5,7-9,11H,2-3H2,1H3,(H,13,16). The molecule has 1 N–H and O–H groups in total. The van der Waals surface area contributed by atoms with Gasteiger partial charge in [0, 0.05) is 25.2 Å². The minimum Gasteiger partial charge on any atom is -0.355 e. The topological polar surface area (TPSA) is 70.7 Å². The number of carbonyl (C=O) groups excluding carboxylic acids is 1. The number of aromatic nitrogens is 2. The molecule has 1 heterocycles. The Balaban J connectivity index is 2.26. The Morgan fingerprint density at radius 2 is 2.50 bits per heavy atom. The van der Waals surface area contributed by atoms with Gasteiger partial charge < -0.3 is 5.32 Å². The molecule has 5 heteroatoms. The SMILES string of the molecule is Cn1ccc(C2C(C#N)CCC2NC=O)n1. The first kappa shape index (κ1) is 10.7. The smallest absolute Gasteiger partial charge is 0.207 e. The summed E-state index contributed by atoms with van der Waals surface area (Å²) in [5.74, 6) is -0.0243. The van der Waals surface area contributed by atoms with E-state index in [0.717, 1.165) is 18.5 Å². The van der Waals surface area contributed by atoms with Crippen LogP contribution in [0.4, 0.5) is 0 Å². The van der Waals surface area contributed by atoms with Crippen LogP contribution in [0.15, 0.2) is 12.3 Å². The van der Waals surface area contributed by atoms with Gasteiger partial charge in [0.2, 0.25) is 6.41 Å². The van der Waals surface area contributed by atoms with E-state index >= 15 is 0 Å². The molecule has 84 valence electrons. The van der Waals surface area contributed by atoms with Gasteiger partial charge in [0.15, 0.2) is 0 Å². The fraction of sp³-hybridized carbons (Fsp3) is 0.545. The fourth-order valence-electron chi connectivity index (χ4n) is 2.44. The van der Waals surface area contributed by atoms with Crippen LogP contribution < -0.4 is 5.32 Å². The van der Waals surface area contributed by atoms with Crippen molar-refractivity contribution < 1.29 is 4.79 Å². The molecule has 1 aromatic rings. The molecule has 0 spiro atoms. The number of nitrogens with zero attached hydrogens (tertiary/aromatic N) is 3. The largest absolute Gasteiger partial charge is 0.355 e. The van der Waals surface area contributed by atoms with E-state index in [1.54, 1.807) is 4.68 Å². The molecule has 0 aromatic carbocycles. The summed E-state index contributed by atoms with van der Waals surface area (Å²) in [4.78, 5) is 10.5. The lowest BCUT2D eigenvalue weighted by Crippen LogP contribution is -2.31. The number of hydrogen-bond donors (Lipinski definition) is 1. The van der Waals surface area contributed by atoms with Crippen molar-refractivity contribution >= 4 is 6.41 Å². The maximum absolute atomic E-state index is 10.5. The summed E-state index contributed by atoms with van der Waals surface area (Å²) in [6.45, 7) is 0. The van der Waals surface area contributed by atoms with Crippen molar-refractivity contribution in [3.05, 3.63) is 18.0 Å². The molecule has 1 saturated carbocycles. The van der Waals surface area contributed by atoms with Gasteiger partial charge in [-0.1, -0.05) is 0 Å². The molecule has 1 amide bonds. The summed E-state index contributed by atoms with van der Waals surface area (Å²) in [6.07, 6.45) is 4.24. The van der Waals surface area contributed by atoms with E-state index in [2.05, 4.69) is 16.5 Å². The van der Waals surface area contributed by atoms with E-state index in [9.17, 15) is 4.79 Å². The van der Waals surface area contributed by atoms with Crippen LogP contribution >= 0.6 is 0 Å². The molecule has 16 heavy (non-hydrogen) atoms. The van der Waals surface area contributed by atoms with E-state index in [-0.39, 0.29) is 17.9 Å². The fourth-order valence-corrected chi connectivity index (χ4v) is 2.44. The molecule has 5 nitrogen and oxygen atoms in total. The predicted octanol–water partition coefficient (Wildman–Crippen LogP) is 0.552. The highest BCUT2D eigenvalue weighted by Crippen LogP contribution is 2.38. The number of nitrogens with one attached hydrogen (secondary N) is 1. The molecule has 1 fully saturated rings. The summed E-state index contributed by atoms with van der Waals surface area (Å²) in [6, 6.07) is 4.26.